The van der Waals surface area contributed by atoms with Crippen molar-refractivity contribution >= 4 is 17.6 Å². The van der Waals surface area contributed by atoms with Gasteiger partial charge in [0.15, 0.2) is 0 Å². The minimum atomic E-state index is -0.326. The summed E-state index contributed by atoms with van der Waals surface area (Å²) >= 11 is 0. The van der Waals surface area contributed by atoms with Crippen molar-refractivity contribution < 1.29 is 9.53 Å². The molecule has 0 bridgehead atoms. The third-order valence-corrected chi connectivity index (χ3v) is 2.46. The normalized spacial score (nSPS) is 10.4. The van der Waals surface area contributed by atoms with Gasteiger partial charge in [-0.15, -0.1) is 0 Å². The van der Waals surface area contributed by atoms with Gasteiger partial charge in [0.05, 0.1) is 7.11 Å². The molecule has 1 aromatic heterocycles. The van der Waals surface area contributed by atoms with E-state index in [-0.39, 0.29) is 18.4 Å². The molecule has 6 heteroatoms. The van der Waals surface area contributed by atoms with Crippen molar-refractivity contribution in [2.45, 2.75) is 33.1 Å². The number of esters is 1. The quantitative estimate of drug-likeness (QED) is 0.735. The first-order valence-electron chi connectivity index (χ1n) is 6.50. The van der Waals surface area contributed by atoms with Crippen LogP contribution in [0.2, 0.25) is 0 Å². The van der Waals surface area contributed by atoms with E-state index in [4.69, 9.17) is 0 Å². The zero-order valence-corrected chi connectivity index (χ0v) is 12.0. The van der Waals surface area contributed by atoms with Crippen LogP contribution >= 0.6 is 0 Å². The number of carbonyl (C=O) groups excluding carboxylic acids is 1. The Morgan fingerprint density at radius 2 is 1.95 bits per heavy atom. The van der Waals surface area contributed by atoms with Crippen LogP contribution in [0.4, 0.5) is 11.6 Å². The number of carbonyl (C=O) groups is 1. The van der Waals surface area contributed by atoms with Crippen LogP contribution < -0.4 is 10.6 Å². The van der Waals surface area contributed by atoms with Gasteiger partial charge in [-0.25, -0.2) is 9.97 Å². The predicted molar refractivity (Wildman–Crippen MR) is 75.4 cm³/mol. The van der Waals surface area contributed by atoms with Gasteiger partial charge in [0.2, 0.25) is 0 Å². The van der Waals surface area contributed by atoms with Crippen LogP contribution in [-0.2, 0) is 9.53 Å². The van der Waals surface area contributed by atoms with Gasteiger partial charge in [-0.1, -0.05) is 20.8 Å². The number of nitrogens with zero attached hydrogens (tertiary/aromatic N) is 2. The average Bonchev–Trinajstić information content (AvgIpc) is 2.42. The van der Waals surface area contributed by atoms with E-state index in [1.807, 2.05) is 13.8 Å². The summed E-state index contributed by atoms with van der Waals surface area (Å²) in [7, 11) is 1.36. The van der Waals surface area contributed by atoms with Crippen LogP contribution in [0.5, 0.6) is 0 Å². The topological polar surface area (TPSA) is 76.1 Å². The Labute approximate surface area is 114 Å². The zero-order valence-electron chi connectivity index (χ0n) is 12.0. The highest BCUT2D eigenvalue weighted by Crippen LogP contribution is 2.16. The van der Waals surface area contributed by atoms with Crippen LogP contribution in [-0.4, -0.2) is 36.1 Å². The fourth-order valence-corrected chi connectivity index (χ4v) is 1.39. The first kappa shape index (κ1) is 15.2. The maximum absolute atomic E-state index is 11.1. The van der Waals surface area contributed by atoms with E-state index >= 15 is 0 Å². The maximum Gasteiger partial charge on any atom is 0.325 e. The lowest BCUT2D eigenvalue weighted by molar-refractivity contribution is -0.138. The second-order valence-electron chi connectivity index (χ2n) is 4.51. The molecule has 1 rings (SSSR count). The molecule has 0 spiro atoms. The van der Waals surface area contributed by atoms with Crippen LogP contribution in [0.1, 0.15) is 38.9 Å². The number of anilines is 2. The lowest BCUT2D eigenvalue weighted by atomic mass is 10.2. The third-order valence-electron chi connectivity index (χ3n) is 2.46. The summed E-state index contributed by atoms with van der Waals surface area (Å²) in [4.78, 5) is 19.9. The minimum absolute atomic E-state index is 0.0955. The molecule has 2 N–H and O–H groups in total. The van der Waals surface area contributed by atoms with Crippen LogP contribution in [0.25, 0.3) is 0 Å². The summed E-state index contributed by atoms with van der Waals surface area (Å²) in [6.07, 6.45) is 1.02. The molecule has 1 heterocycles. The number of hydrogen-bond acceptors (Lipinski definition) is 6. The molecule has 0 aliphatic heterocycles. The second kappa shape index (κ2) is 7.56. The molecular weight excluding hydrogens is 244 g/mol. The number of hydrogen-bond donors (Lipinski definition) is 2. The number of ether oxygens (including phenoxy) is 1. The number of aromatic nitrogens is 2. The molecule has 0 atom stereocenters. The van der Waals surface area contributed by atoms with E-state index in [1.165, 1.54) is 7.11 Å². The second-order valence-corrected chi connectivity index (χ2v) is 4.51. The van der Waals surface area contributed by atoms with Crippen LogP contribution in [0.3, 0.4) is 0 Å². The zero-order chi connectivity index (χ0) is 14.3. The van der Waals surface area contributed by atoms with Crippen molar-refractivity contribution in [3.8, 4) is 0 Å². The molecule has 0 fully saturated rings. The van der Waals surface area contributed by atoms with Gasteiger partial charge in [-0.3, -0.25) is 4.79 Å². The van der Waals surface area contributed by atoms with E-state index in [0.717, 1.165) is 24.6 Å². The van der Waals surface area contributed by atoms with E-state index in [1.54, 1.807) is 6.07 Å². The SMILES string of the molecule is CCCNc1cc(NCC(=O)OC)nc(C(C)C)n1. The lowest BCUT2D eigenvalue weighted by Gasteiger charge is -2.12. The van der Waals surface area contributed by atoms with Gasteiger partial charge < -0.3 is 15.4 Å². The van der Waals surface area contributed by atoms with Gasteiger partial charge in [-0.05, 0) is 6.42 Å². The van der Waals surface area contributed by atoms with Crippen molar-refractivity contribution in [3.05, 3.63) is 11.9 Å². The molecule has 0 unspecified atom stereocenters. The first-order valence-corrected chi connectivity index (χ1v) is 6.50. The van der Waals surface area contributed by atoms with Crippen LogP contribution in [0.15, 0.2) is 6.07 Å². The smallest absolute Gasteiger partial charge is 0.325 e. The summed E-state index contributed by atoms with van der Waals surface area (Å²) in [6, 6.07) is 1.80. The molecule has 0 amide bonds. The summed E-state index contributed by atoms with van der Waals surface area (Å²) in [5.74, 6) is 2.04. The highest BCUT2D eigenvalue weighted by Gasteiger charge is 2.09. The van der Waals surface area contributed by atoms with Crippen molar-refractivity contribution in [1.29, 1.82) is 0 Å². The first-order chi connectivity index (χ1) is 9.06. The van der Waals surface area contributed by atoms with Gasteiger partial charge in [-0.2, -0.15) is 0 Å². The summed E-state index contributed by atoms with van der Waals surface area (Å²) in [5, 5.41) is 6.17. The Kier molecular flexibility index (Phi) is 6.05. The van der Waals surface area contributed by atoms with Gasteiger partial charge >= 0.3 is 5.97 Å². The van der Waals surface area contributed by atoms with E-state index in [2.05, 4.69) is 32.3 Å². The fourth-order valence-electron chi connectivity index (χ4n) is 1.39. The summed E-state index contributed by atoms with van der Waals surface area (Å²) < 4.78 is 4.58. The Bertz CT molecular complexity index is 421. The fraction of sp³-hybridized carbons (Fsp3) is 0.615. The van der Waals surface area contributed by atoms with E-state index in [9.17, 15) is 4.79 Å². The monoisotopic (exact) mass is 266 g/mol. The minimum Gasteiger partial charge on any atom is -0.468 e. The molecule has 0 radical (unpaired) electrons. The predicted octanol–water partition coefficient (Wildman–Crippen LogP) is 2.01. The average molecular weight is 266 g/mol. The van der Waals surface area contributed by atoms with Crippen molar-refractivity contribution in [1.82, 2.24) is 9.97 Å². The molecular formula is C13H22N4O2. The Hall–Kier alpha value is -1.85. The molecule has 0 aromatic carbocycles. The molecule has 0 aliphatic carbocycles. The van der Waals surface area contributed by atoms with Crippen LogP contribution in [0, 0.1) is 0 Å². The Morgan fingerprint density at radius 3 is 2.47 bits per heavy atom. The number of methoxy groups -OCH3 is 1. The highest BCUT2D eigenvalue weighted by molar-refractivity contribution is 5.74. The molecule has 6 nitrogen and oxygen atoms in total. The molecule has 1 aromatic rings. The van der Waals surface area contributed by atoms with Gasteiger partial charge in [0, 0.05) is 18.5 Å². The Morgan fingerprint density at radius 1 is 1.32 bits per heavy atom. The molecule has 106 valence electrons. The molecule has 0 saturated carbocycles. The lowest BCUT2D eigenvalue weighted by Crippen LogP contribution is -2.17. The van der Waals surface area contributed by atoms with Crippen molar-refractivity contribution in [2.75, 3.05) is 30.8 Å². The van der Waals surface area contributed by atoms with Gasteiger partial charge in [0.1, 0.15) is 24.0 Å². The Balaban J connectivity index is 2.83. The molecule has 0 saturated heterocycles. The standard InChI is InChI=1S/C13H22N4O2/c1-5-6-14-10-7-11(15-8-12(18)19-4)17-13(16-10)9(2)3/h7,9H,5-6,8H2,1-4H3,(H2,14,15,16,17). The van der Waals surface area contributed by atoms with E-state index < -0.39 is 0 Å². The molecule has 19 heavy (non-hydrogen) atoms. The van der Waals surface area contributed by atoms with Crippen molar-refractivity contribution in [2.24, 2.45) is 0 Å². The summed E-state index contributed by atoms with van der Waals surface area (Å²) in [6.45, 7) is 7.10. The maximum atomic E-state index is 11.1. The number of rotatable bonds is 7. The third kappa shape index (κ3) is 5.11. The largest absolute Gasteiger partial charge is 0.468 e. The highest BCUT2D eigenvalue weighted by atomic mass is 16.5. The summed E-state index contributed by atoms with van der Waals surface area (Å²) in [5.41, 5.74) is 0. The molecule has 0 aliphatic rings. The van der Waals surface area contributed by atoms with E-state index in [0.29, 0.717) is 5.82 Å². The number of nitrogens with one attached hydrogen (secondary N) is 2. The van der Waals surface area contributed by atoms with Gasteiger partial charge in [0.25, 0.3) is 0 Å². The van der Waals surface area contributed by atoms with Crippen molar-refractivity contribution in [3.63, 3.8) is 0 Å².